The van der Waals surface area contributed by atoms with Gasteiger partial charge >= 0.3 is 0 Å². The molecule has 2 heteroatoms. The number of aromatic hydroxyl groups is 1. The Bertz CT molecular complexity index is 260. The summed E-state index contributed by atoms with van der Waals surface area (Å²) in [5, 5.41) is 12.6. The van der Waals surface area contributed by atoms with Crippen LogP contribution in [0, 0.1) is 0 Å². The molecular weight excluding hydrogens is 162 g/mol. The molecule has 1 aromatic carbocycles. The zero-order chi connectivity index (χ0) is 9.68. The summed E-state index contributed by atoms with van der Waals surface area (Å²) in [5.74, 6) is 0.337. The molecule has 0 aromatic heterocycles. The Kier molecular flexibility index (Phi) is 3.77. The molecule has 0 bridgehead atoms. The summed E-state index contributed by atoms with van der Waals surface area (Å²) in [4.78, 5) is 0. The van der Waals surface area contributed by atoms with Gasteiger partial charge in [0.15, 0.2) is 0 Å². The first-order chi connectivity index (χ1) is 6.22. The molecule has 0 saturated carbocycles. The highest BCUT2D eigenvalue weighted by molar-refractivity contribution is 5.26. The predicted octanol–water partition coefficient (Wildman–Crippen LogP) is 2.28. The van der Waals surface area contributed by atoms with Gasteiger partial charge in [-0.25, -0.2) is 0 Å². The number of phenols is 1. The maximum absolute atomic E-state index is 9.21. The molecule has 0 radical (unpaired) electrons. The van der Waals surface area contributed by atoms with Gasteiger partial charge in [0.05, 0.1) is 0 Å². The molecule has 72 valence electrons. The second-order valence-electron chi connectivity index (χ2n) is 3.36. The highest BCUT2D eigenvalue weighted by Gasteiger charge is 1.98. The van der Waals surface area contributed by atoms with Crippen molar-refractivity contribution in [3.63, 3.8) is 0 Å². The van der Waals surface area contributed by atoms with E-state index in [2.05, 4.69) is 19.2 Å². The fourth-order valence-corrected chi connectivity index (χ4v) is 1.10. The van der Waals surface area contributed by atoms with E-state index in [9.17, 15) is 5.11 Å². The van der Waals surface area contributed by atoms with Crippen molar-refractivity contribution in [2.24, 2.45) is 0 Å². The van der Waals surface area contributed by atoms with E-state index in [0.29, 0.717) is 11.8 Å². The van der Waals surface area contributed by atoms with Crippen LogP contribution in [-0.4, -0.2) is 11.1 Å². The molecule has 1 rings (SSSR count). The van der Waals surface area contributed by atoms with Gasteiger partial charge in [0.2, 0.25) is 0 Å². The summed E-state index contributed by atoms with van der Waals surface area (Å²) in [7, 11) is 0. The van der Waals surface area contributed by atoms with Crippen molar-refractivity contribution in [2.45, 2.75) is 32.9 Å². The molecule has 0 unspecified atom stereocenters. The lowest BCUT2D eigenvalue weighted by atomic mass is 10.2. The largest absolute Gasteiger partial charge is 0.508 e. The van der Waals surface area contributed by atoms with Gasteiger partial charge in [-0.1, -0.05) is 19.1 Å². The average molecular weight is 179 g/mol. The molecule has 0 spiro atoms. The van der Waals surface area contributed by atoms with Crippen molar-refractivity contribution in [1.82, 2.24) is 5.32 Å². The molecule has 1 atom stereocenters. The molecule has 2 N–H and O–H groups in total. The maximum atomic E-state index is 9.21. The van der Waals surface area contributed by atoms with Crippen LogP contribution in [0.4, 0.5) is 0 Å². The number of rotatable bonds is 4. The minimum absolute atomic E-state index is 0.337. The van der Waals surface area contributed by atoms with Crippen LogP contribution in [0.25, 0.3) is 0 Å². The van der Waals surface area contributed by atoms with Gasteiger partial charge in [-0.15, -0.1) is 0 Å². The first-order valence-corrected chi connectivity index (χ1v) is 4.73. The second kappa shape index (κ2) is 4.87. The number of phenolic OH excluding ortho intramolecular Hbond substituents is 1. The average Bonchev–Trinajstić information content (AvgIpc) is 2.14. The number of hydrogen-bond acceptors (Lipinski definition) is 2. The van der Waals surface area contributed by atoms with Gasteiger partial charge in [0, 0.05) is 12.6 Å². The summed E-state index contributed by atoms with van der Waals surface area (Å²) in [6.07, 6.45) is 1.12. The molecule has 0 amide bonds. The van der Waals surface area contributed by atoms with Crippen molar-refractivity contribution < 1.29 is 5.11 Å². The van der Waals surface area contributed by atoms with Crippen LogP contribution in [0.1, 0.15) is 25.8 Å². The van der Waals surface area contributed by atoms with E-state index in [1.54, 1.807) is 12.1 Å². The molecule has 13 heavy (non-hydrogen) atoms. The molecule has 0 aliphatic carbocycles. The van der Waals surface area contributed by atoms with Crippen LogP contribution in [-0.2, 0) is 6.54 Å². The summed E-state index contributed by atoms with van der Waals surface area (Å²) < 4.78 is 0. The first kappa shape index (κ1) is 10.1. The Morgan fingerprint density at radius 3 is 2.85 bits per heavy atom. The Balaban J connectivity index is 2.45. The third-order valence-electron chi connectivity index (χ3n) is 2.18. The minimum Gasteiger partial charge on any atom is -0.508 e. The summed E-state index contributed by atoms with van der Waals surface area (Å²) in [5.41, 5.74) is 1.13. The zero-order valence-corrected chi connectivity index (χ0v) is 8.25. The molecule has 1 aromatic rings. The monoisotopic (exact) mass is 179 g/mol. The van der Waals surface area contributed by atoms with Crippen LogP contribution in [0.2, 0.25) is 0 Å². The van der Waals surface area contributed by atoms with E-state index in [-0.39, 0.29) is 0 Å². The van der Waals surface area contributed by atoms with Crippen molar-refractivity contribution in [3.8, 4) is 5.75 Å². The number of nitrogens with one attached hydrogen (secondary N) is 1. The molecular formula is C11H17NO. The number of benzene rings is 1. The fourth-order valence-electron chi connectivity index (χ4n) is 1.10. The van der Waals surface area contributed by atoms with Crippen LogP contribution in [0.15, 0.2) is 24.3 Å². The van der Waals surface area contributed by atoms with Crippen LogP contribution in [0.5, 0.6) is 5.75 Å². The highest BCUT2D eigenvalue weighted by atomic mass is 16.3. The SMILES string of the molecule is CC[C@H](C)NCc1cccc(O)c1. The van der Waals surface area contributed by atoms with Crippen molar-refractivity contribution >= 4 is 0 Å². The Hall–Kier alpha value is -1.02. The third kappa shape index (κ3) is 3.47. The van der Waals surface area contributed by atoms with Gasteiger partial charge in [-0.3, -0.25) is 0 Å². The predicted molar refractivity (Wildman–Crippen MR) is 54.7 cm³/mol. The van der Waals surface area contributed by atoms with E-state index in [1.807, 2.05) is 12.1 Å². The van der Waals surface area contributed by atoms with Gasteiger partial charge in [0.25, 0.3) is 0 Å². The normalized spacial score (nSPS) is 12.8. The van der Waals surface area contributed by atoms with Crippen molar-refractivity contribution in [3.05, 3.63) is 29.8 Å². The van der Waals surface area contributed by atoms with Gasteiger partial charge in [0.1, 0.15) is 5.75 Å². The fraction of sp³-hybridized carbons (Fsp3) is 0.455. The van der Waals surface area contributed by atoms with Gasteiger partial charge < -0.3 is 10.4 Å². The first-order valence-electron chi connectivity index (χ1n) is 4.73. The van der Waals surface area contributed by atoms with Crippen molar-refractivity contribution in [1.29, 1.82) is 0 Å². The molecule has 0 fully saturated rings. The standard InChI is InChI=1S/C11H17NO/c1-3-9(2)12-8-10-5-4-6-11(13)7-10/h4-7,9,12-13H,3,8H2,1-2H3/t9-/m0/s1. The molecule has 0 saturated heterocycles. The van der Waals surface area contributed by atoms with E-state index in [0.717, 1.165) is 18.5 Å². The Morgan fingerprint density at radius 2 is 2.23 bits per heavy atom. The molecule has 0 aliphatic heterocycles. The summed E-state index contributed by atoms with van der Waals surface area (Å²) in [6.45, 7) is 5.13. The van der Waals surface area contributed by atoms with Crippen molar-refractivity contribution in [2.75, 3.05) is 0 Å². The Morgan fingerprint density at radius 1 is 1.46 bits per heavy atom. The molecule has 0 aliphatic rings. The summed E-state index contributed by atoms with van der Waals surface area (Å²) >= 11 is 0. The lowest BCUT2D eigenvalue weighted by Gasteiger charge is -2.10. The second-order valence-corrected chi connectivity index (χ2v) is 3.36. The molecule has 2 nitrogen and oxygen atoms in total. The quantitative estimate of drug-likeness (QED) is 0.743. The van der Waals surface area contributed by atoms with Crippen LogP contribution < -0.4 is 5.32 Å². The highest BCUT2D eigenvalue weighted by Crippen LogP contribution is 2.10. The van der Waals surface area contributed by atoms with E-state index >= 15 is 0 Å². The Labute approximate surface area is 79.6 Å². The maximum Gasteiger partial charge on any atom is 0.115 e. The van der Waals surface area contributed by atoms with E-state index in [4.69, 9.17) is 0 Å². The number of hydrogen-bond donors (Lipinski definition) is 2. The van der Waals surface area contributed by atoms with Crippen LogP contribution >= 0.6 is 0 Å². The topological polar surface area (TPSA) is 32.3 Å². The van der Waals surface area contributed by atoms with E-state index < -0.39 is 0 Å². The lowest BCUT2D eigenvalue weighted by molar-refractivity contribution is 0.473. The van der Waals surface area contributed by atoms with E-state index in [1.165, 1.54) is 0 Å². The molecule has 0 heterocycles. The van der Waals surface area contributed by atoms with Gasteiger partial charge in [-0.2, -0.15) is 0 Å². The smallest absolute Gasteiger partial charge is 0.115 e. The minimum atomic E-state index is 0.337. The third-order valence-corrected chi connectivity index (χ3v) is 2.18. The zero-order valence-electron chi connectivity index (χ0n) is 8.25. The lowest BCUT2D eigenvalue weighted by Crippen LogP contribution is -2.24. The van der Waals surface area contributed by atoms with Gasteiger partial charge in [-0.05, 0) is 31.0 Å². The van der Waals surface area contributed by atoms with Crippen LogP contribution in [0.3, 0.4) is 0 Å². The summed E-state index contributed by atoms with van der Waals surface area (Å²) in [6, 6.07) is 7.88.